The molecule has 0 bridgehead atoms. The molecular formula is C16H18N4O3. The molecule has 0 radical (unpaired) electrons. The molecule has 1 aromatic carbocycles. The quantitative estimate of drug-likeness (QED) is 0.753. The molecule has 0 spiro atoms. The summed E-state index contributed by atoms with van der Waals surface area (Å²) in [6.07, 6.45) is 2.17. The molecule has 7 heteroatoms. The third-order valence-electron chi connectivity index (χ3n) is 3.88. The Morgan fingerprint density at radius 1 is 1.22 bits per heavy atom. The number of nitrogens with zero attached hydrogens (tertiary/aromatic N) is 1. The van der Waals surface area contributed by atoms with Crippen LogP contribution in [0, 0.1) is 0 Å². The highest BCUT2D eigenvalue weighted by atomic mass is 16.2. The maximum absolute atomic E-state index is 12.0. The molecule has 1 aliphatic rings. The first-order valence-electron chi connectivity index (χ1n) is 7.58. The summed E-state index contributed by atoms with van der Waals surface area (Å²) < 4.78 is 0. The third kappa shape index (κ3) is 3.50. The van der Waals surface area contributed by atoms with Crippen molar-refractivity contribution in [1.29, 1.82) is 0 Å². The summed E-state index contributed by atoms with van der Waals surface area (Å²) in [5.41, 5.74) is 1.22. The van der Waals surface area contributed by atoms with Crippen molar-refractivity contribution in [1.82, 2.24) is 15.3 Å². The van der Waals surface area contributed by atoms with Crippen LogP contribution in [0.15, 0.2) is 39.9 Å². The van der Waals surface area contributed by atoms with E-state index in [4.69, 9.17) is 0 Å². The average Bonchev–Trinajstić information content (AvgIpc) is 2.54. The molecule has 2 heterocycles. The number of aromatic amines is 2. The van der Waals surface area contributed by atoms with Crippen LogP contribution in [-0.2, 0) is 6.42 Å². The number of anilines is 1. The summed E-state index contributed by atoms with van der Waals surface area (Å²) >= 11 is 0. The van der Waals surface area contributed by atoms with Crippen molar-refractivity contribution in [2.24, 2.45) is 0 Å². The van der Waals surface area contributed by atoms with Gasteiger partial charge in [-0.1, -0.05) is 18.2 Å². The van der Waals surface area contributed by atoms with Crippen LogP contribution in [0.2, 0.25) is 0 Å². The number of hydrogen-bond donors (Lipinski definition) is 3. The van der Waals surface area contributed by atoms with Crippen LogP contribution in [0.4, 0.5) is 5.69 Å². The van der Waals surface area contributed by atoms with E-state index >= 15 is 0 Å². The third-order valence-corrected chi connectivity index (χ3v) is 3.88. The molecule has 0 fully saturated rings. The summed E-state index contributed by atoms with van der Waals surface area (Å²) in [5, 5.41) is 2.73. The number of para-hydroxylation sites is 1. The summed E-state index contributed by atoms with van der Waals surface area (Å²) in [4.78, 5) is 40.9. The number of H-pyrrole nitrogens is 2. The Bertz CT molecular complexity index is 796. The van der Waals surface area contributed by atoms with Gasteiger partial charge in [-0.2, -0.15) is 0 Å². The average molecular weight is 314 g/mol. The maximum Gasteiger partial charge on any atom is 0.326 e. The van der Waals surface area contributed by atoms with Gasteiger partial charge < -0.3 is 15.2 Å². The lowest BCUT2D eigenvalue weighted by Crippen LogP contribution is -2.38. The summed E-state index contributed by atoms with van der Waals surface area (Å²) in [6, 6.07) is 9.34. The van der Waals surface area contributed by atoms with Crippen molar-refractivity contribution in [2.75, 3.05) is 24.5 Å². The van der Waals surface area contributed by atoms with Gasteiger partial charge in [0.1, 0.15) is 5.69 Å². The SMILES string of the molecule is O=C(NCCN1CCCc2ccccc21)c1cc(=O)[nH]c(=O)[nH]1. The zero-order valence-electron chi connectivity index (χ0n) is 12.6. The number of nitrogens with one attached hydrogen (secondary N) is 3. The lowest BCUT2D eigenvalue weighted by atomic mass is 10.0. The van der Waals surface area contributed by atoms with E-state index in [9.17, 15) is 14.4 Å². The molecule has 1 aliphatic heterocycles. The molecule has 0 atom stereocenters. The second kappa shape index (κ2) is 6.51. The van der Waals surface area contributed by atoms with Crippen LogP contribution in [0.25, 0.3) is 0 Å². The van der Waals surface area contributed by atoms with Gasteiger partial charge in [-0.3, -0.25) is 14.6 Å². The largest absolute Gasteiger partial charge is 0.370 e. The van der Waals surface area contributed by atoms with Gasteiger partial charge in [-0.05, 0) is 24.5 Å². The fourth-order valence-electron chi connectivity index (χ4n) is 2.83. The van der Waals surface area contributed by atoms with E-state index in [0.29, 0.717) is 13.1 Å². The highest BCUT2D eigenvalue weighted by molar-refractivity contribution is 5.92. The van der Waals surface area contributed by atoms with Crippen molar-refractivity contribution in [2.45, 2.75) is 12.8 Å². The minimum Gasteiger partial charge on any atom is -0.370 e. The molecule has 3 N–H and O–H groups in total. The van der Waals surface area contributed by atoms with E-state index in [1.807, 2.05) is 17.1 Å². The number of fused-ring (bicyclic) bond motifs is 1. The van der Waals surface area contributed by atoms with Crippen molar-refractivity contribution >= 4 is 11.6 Å². The van der Waals surface area contributed by atoms with Gasteiger partial charge in [0.25, 0.3) is 11.5 Å². The lowest BCUT2D eigenvalue weighted by Gasteiger charge is -2.31. The van der Waals surface area contributed by atoms with Crippen LogP contribution in [-0.4, -0.2) is 35.5 Å². The fourth-order valence-corrected chi connectivity index (χ4v) is 2.83. The van der Waals surface area contributed by atoms with Crippen LogP contribution < -0.4 is 21.5 Å². The molecule has 2 aromatic rings. The number of benzene rings is 1. The predicted octanol–water partition coefficient (Wildman–Crippen LogP) is 0.246. The van der Waals surface area contributed by atoms with Crippen molar-refractivity contribution < 1.29 is 4.79 Å². The fraction of sp³-hybridized carbons (Fsp3) is 0.312. The van der Waals surface area contributed by atoms with Gasteiger partial charge >= 0.3 is 5.69 Å². The topological polar surface area (TPSA) is 98.1 Å². The highest BCUT2D eigenvalue weighted by Gasteiger charge is 2.16. The summed E-state index contributed by atoms with van der Waals surface area (Å²) in [5.74, 6) is -0.460. The highest BCUT2D eigenvalue weighted by Crippen LogP contribution is 2.25. The Hall–Kier alpha value is -2.83. The van der Waals surface area contributed by atoms with Gasteiger partial charge in [0.05, 0.1) is 0 Å². The van der Waals surface area contributed by atoms with Gasteiger partial charge in [0.15, 0.2) is 0 Å². The number of carbonyl (C=O) groups is 1. The number of carbonyl (C=O) groups excluding carboxylic acids is 1. The lowest BCUT2D eigenvalue weighted by molar-refractivity contribution is 0.0949. The summed E-state index contributed by atoms with van der Waals surface area (Å²) in [7, 11) is 0. The second-order valence-corrected chi connectivity index (χ2v) is 5.48. The normalized spacial score (nSPS) is 13.5. The molecule has 0 saturated heterocycles. The Kier molecular flexibility index (Phi) is 4.27. The Balaban J connectivity index is 1.61. The maximum atomic E-state index is 12.0. The molecule has 0 saturated carbocycles. The van der Waals surface area contributed by atoms with E-state index in [1.165, 1.54) is 11.3 Å². The molecular weight excluding hydrogens is 296 g/mol. The van der Waals surface area contributed by atoms with Gasteiger partial charge in [0.2, 0.25) is 0 Å². The van der Waals surface area contributed by atoms with E-state index in [0.717, 1.165) is 25.5 Å². The first kappa shape index (κ1) is 15.1. The Labute approximate surface area is 132 Å². The van der Waals surface area contributed by atoms with E-state index in [-0.39, 0.29) is 5.69 Å². The smallest absolute Gasteiger partial charge is 0.326 e. The zero-order chi connectivity index (χ0) is 16.2. The first-order chi connectivity index (χ1) is 11.1. The molecule has 3 rings (SSSR count). The van der Waals surface area contributed by atoms with Gasteiger partial charge in [-0.15, -0.1) is 0 Å². The molecule has 1 aromatic heterocycles. The van der Waals surface area contributed by atoms with Crippen LogP contribution in [0.1, 0.15) is 22.5 Å². The number of hydrogen-bond acceptors (Lipinski definition) is 4. The second-order valence-electron chi connectivity index (χ2n) is 5.48. The van der Waals surface area contributed by atoms with E-state index in [1.54, 1.807) is 0 Å². The van der Waals surface area contributed by atoms with Crippen LogP contribution in [0.5, 0.6) is 0 Å². The molecule has 7 nitrogen and oxygen atoms in total. The molecule has 120 valence electrons. The standard InChI is InChI=1S/C16H18N4O3/c21-14-10-12(18-16(23)19-14)15(22)17-7-9-20-8-3-5-11-4-1-2-6-13(11)20/h1-2,4,6,10H,3,5,7-9H2,(H,17,22)(H2,18,19,21,23). The van der Waals surface area contributed by atoms with Crippen molar-refractivity contribution in [3.05, 3.63) is 62.4 Å². The summed E-state index contributed by atoms with van der Waals surface area (Å²) in [6.45, 7) is 2.06. The first-order valence-corrected chi connectivity index (χ1v) is 7.58. The number of amides is 1. The van der Waals surface area contributed by atoms with Crippen molar-refractivity contribution in [3.8, 4) is 0 Å². The number of rotatable bonds is 4. The van der Waals surface area contributed by atoms with Gasteiger partial charge in [-0.25, -0.2) is 4.79 Å². The number of aryl methyl sites for hydroxylation is 1. The van der Waals surface area contributed by atoms with Gasteiger partial charge in [0, 0.05) is 31.4 Å². The minimum absolute atomic E-state index is 0.0298. The van der Waals surface area contributed by atoms with E-state index < -0.39 is 17.2 Å². The zero-order valence-corrected chi connectivity index (χ0v) is 12.6. The Morgan fingerprint density at radius 3 is 2.87 bits per heavy atom. The predicted molar refractivity (Wildman–Crippen MR) is 87.0 cm³/mol. The monoisotopic (exact) mass is 314 g/mol. The Morgan fingerprint density at radius 2 is 2.04 bits per heavy atom. The van der Waals surface area contributed by atoms with Crippen LogP contribution >= 0.6 is 0 Å². The molecule has 0 unspecified atom stereocenters. The molecule has 23 heavy (non-hydrogen) atoms. The van der Waals surface area contributed by atoms with Crippen LogP contribution in [0.3, 0.4) is 0 Å². The molecule has 0 aliphatic carbocycles. The number of aromatic nitrogens is 2. The molecule has 1 amide bonds. The van der Waals surface area contributed by atoms with E-state index in [2.05, 4.69) is 27.3 Å². The minimum atomic E-state index is -0.687. The van der Waals surface area contributed by atoms with Crippen molar-refractivity contribution in [3.63, 3.8) is 0 Å².